The molecule has 11 fully saturated rings. The minimum absolute atomic E-state index is 0.0155. The number of hydrogen-bond donors (Lipinski definition) is 0. The highest BCUT2D eigenvalue weighted by molar-refractivity contribution is 5.70. The van der Waals surface area contributed by atoms with Gasteiger partial charge in [0.25, 0.3) is 0 Å². The third-order valence-corrected chi connectivity index (χ3v) is 15.6. The molecule has 0 aromatic carbocycles. The van der Waals surface area contributed by atoms with E-state index in [1.165, 1.54) is 0 Å². The highest BCUT2D eigenvalue weighted by Crippen LogP contribution is 2.59. The Balaban J connectivity index is 0.941. The van der Waals surface area contributed by atoms with Crippen molar-refractivity contribution < 1.29 is 56.9 Å². The SMILES string of the molecule is C=C1C[C@@H]2CC[C@@]34C[C@@H]5O[C@H]6[C@@H](O3)[C@H]3O[C@H](CC[C@@H]3O[C@H]6[C@@]5(C)O4)CC(=O)O[C@@H]3[C@@H](C)[C@@H]4O[C@H](COC)[C@H](C)C[C@@H]4O[C@H]3C[C@H]3O[C@@H](CC[C@@H]1O2)C[C@@H](C)C3=C. The Hall–Kier alpha value is -1.45. The molecular weight excluding hydrogens is 720 g/mol. The Morgan fingerprint density at radius 2 is 1.52 bits per heavy atom. The van der Waals surface area contributed by atoms with Crippen molar-refractivity contribution in [1.29, 1.82) is 0 Å². The molecule has 0 aliphatic carbocycles. The van der Waals surface area contributed by atoms with E-state index in [-0.39, 0.29) is 122 Å². The summed E-state index contributed by atoms with van der Waals surface area (Å²) in [5.74, 6) is -0.686. The molecule has 12 bridgehead atoms. The van der Waals surface area contributed by atoms with E-state index in [1.807, 2.05) is 0 Å². The van der Waals surface area contributed by atoms with Crippen molar-refractivity contribution in [2.75, 3.05) is 13.7 Å². The van der Waals surface area contributed by atoms with Crippen LogP contribution in [0.1, 0.15) is 105 Å². The van der Waals surface area contributed by atoms with Crippen molar-refractivity contribution >= 4 is 5.97 Å². The van der Waals surface area contributed by atoms with E-state index < -0.39 is 17.5 Å². The zero-order chi connectivity index (χ0) is 38.7. The quantitative estimate of drug-likeness (QED) is 0.260. The van der Waals surface area contributed by atoms with Gasteiger partial charge >= 0.3 is 5.97 Å². The number of carbonyl (C=O) groups is 1. The molecule has 12 heteroatoms. The minimum Gasteiger partial charge on any atom is -0.459 e. The fourth-order valence-corrected chi connectivity index (χ4v) is 12.4. The van der Waals surface area contributed by atoms with Gasteiger partial charge in [0.2, 0.25) is 0 Å². The lowest BCUT2D eigenvalue weighted by molar-refractivity contribution is -0.297. The maximum Gasteiger partial charge on any atom is 0.308 e. The molecule has 0 aromatic rings. The lowest BCUT2D eigenvalue weighted by Gasteiger charge is -2.51. The van der Waals surface area contributed by atoms with Gasteiger partial charge in [0.15, 0.2) is 5.79 Å². The molecule has 11 saturated heterocycles. The summed E-state index contributed by atoms with van der Waals surface area (Å²) in [6, 6.07) is 0. The van der Waals surface area contributed by atoms with Gasteiger partial charge in [0.1, 0.15) is 36.1 Å². The molecule has 0 saturated carbocycles. The summed E-state index contributed by atoms with van der Waals surface area (Å²) in [4.78, 5) is 14.1. The normalized spacial score (nSPS) is 55.5. The Morgan fingerprint density at radius 3 is 2.36 bits per heavy atom. The van der Waals surface area contributed by atoms with E-state index in [0.29, 0.717) is 32.3 Å². The molecule has 12 nitrogen and oxygen atoms in total. The van der Waals surface area contributed by atoms with E-state index in [2.05, 4.69) is 40.9 Å². The molecule has 11 aliphatic rings. The van der Waals surface area contributed by atoms with Gasteiger partial charge in [-0.3, -0.25) is 4.79 Å². The standard InChI is InChI=1S/C44H64O12/c1-21-14-26-8-10-29-22(2)15-28(47-29)12-13-44-19-35-43(6,56-44)42-41(53-35)40(55-44)39-30(52-42)11-9-27(49-39)17-36(45)54-38-25(5)37-32(16-23(3)34(51-37)20-46-7)50-33(38)18-31(48-26)24(21)4/h21,23,25-35,37-42H,2,4,8-20H2,1,3,5-7H3/t21-,23-,25+,26+,27-,28+,29+,30+,31-,32+,33+,34-,35+,37+,38-,39+,40+,41+,42-,43+,44-/m1/s1. The van der Waals surface area contributed by atoms with Gasteiger partial charge in [-0.2, -0.15) is 0 Å². The first-order valence-corrected chi connectivity index (χ1v) is 21.9. The minimum atomic E-state index is -0.824. The van der Waals surface area contributed by atoms with Crippen LogP contribution in [-0.4, -0.2) is 129 Å². The number of ether oxygens (including phenoxy) is 11. The molecule has 0 unspecified atom stereocenters. The average Bonchev–Trinajstić information content (AvgIpc) is 3.68. The third-order valence-electron chi connectivity index (χ3n) is 15.6. The zero-order valence-electron chi connectivity index (χ0n) is 34.0. The largest absolute Gasteiger partial charge is 0.459 e. The maximum absolute atomic E-state index is 14.1. The monoisotopic (exact) mass is 784 g/mol. The van der Waals surface area contributed by atoms with Crippen LogP contribution in [0.4, 0.5) is 0 Å². The topological polar surface area (TPSA) is 119 Å². The average molecular weight is 785 g/mol. The lowest BCUT2D eigenvalue weighted by atomic mass is 9.78. The van der Waals surface area contributed by atoms with Crippen molar-refractivity contribution in [2.45, 2.75) is 214 Å². The summed E-state index contributed by atoms with van der Waals surface area (Å²) in [5.41, 5.74) is 1.62. The Labute approximate surface area is 331 Å². The summed E-state index contributed by atoms with van der Waals surface area (Å²) >= 11 is 0. The van der Waals surface area contributed by atoms with Gasteiger partial charge in [-0.25, -0.2) is 0 Å². The summed E-state index contributed by atoms with van der Waals surface area (Å²) < 4.78 is 73.7. The molecule has 0 aromatic heterocycles. The molecule has 0 N–H and O–H groups in total. The first-order valence-electron chi connectivity index (χ1n) is 21.9. The first kappa shape index (κ1) is 38.7. The highest BCUT2D eigenvalue weighted by Gasteiger charge is 2.74. The van der Waals surface area contributed by atoms with E-state index in [0.717, 1.165) is 56.1 Å². The van der Waals surface area contributed by atoms with Gasteiger partial charge in [0.05, 0.1) is 80.2 Å². The van der Waals surface area contributed by atoms with Gasteiger partial charge in [-0.1, -0.05) is 33.9 Å². The van der Waals surface area contributed by atoms with E-state index >= 15 is 0 Å². The Morgan fingerprint density at radius 1 is 0.732 bits per heavy atom. The van der Waals surface area contributed by atoms with Crippen molar-refractivity contribution in [2.24, 2.45) is 17.8 Å². The van der Waals surface area contributed by atoms with Crippen molar-refractivity contribution in [3.8, 4) is 0 Å². The van der Waals surface area contributed by atoms with Gasteiger partial charge in [-0.15, -0.1) is 0 Å². The van der Waals surface area contributed by atoms with E-state index in [4.69, 9.17) is 52.1 Å². The Bertz CT molecular complexity index is 1540. The van der Waals surface area contributed by atoms with Gasteiger partial charge in [0, 0.05) is 32.3 Å². The molecule has 21 atom stereocenters. The molecular formula is C44H64O12. The lowest BCUT2D eigenvalue weighted by Crippen LogP contribution is -2.63. The molecule has 11 heterocycles. The van der Waals surface area contributed by atoms with Crippen LogP contribution in [-0.2, 0) is 56.9 Å². The van der Waals surface area contributed by atoms with E-state index in [1.54, 1.807) is 7.11 Å². The van der Waals surface area contributed by atoms with Crippen molar-refractivity contribution in [1.82, 2.24) is 0 Å². The zero-order valence-corrected chi connectivity index (χ0v) is 34.0. The predicted molar refractivity (Wildman–Crippen MR) is 201 cm³/mol. The van der Waals surface area contributed by atoms with Gasteiger partial charge < -0.3 is 52.1 Å². The second kappa shape index (κ2) is 14.6. The molecule has 0 amide bonds. The van der Waals surface area contributed by atoms with Crippen LogP contribution in [0.5, 0.6) is 0 Å². The van der Waals surface area contributed by atoms with Crippen LogP contribution >= 0.6 is 0 Å². The fraction of sp³-hybridized carbons (Fsp3) is 0.886. The van der Waals surface area contributed by atoms with Crippen LogP contribution in [0.3, 0.4) is 0 Å². The van der Waals surface area contributed by atoms with Crippen LogP contribution in [0, 0.1) is 17.8 Å². The molecule has 312 valence electrons. The predicted octanol–water partition coefficient (Wildman–Crippen LogP) is 5.52. The highest BCUT2D eigenvalue weighted by atomic mass is 16.8. The fourth-order valence-electron chi connectivity index (χ4n) is 12.4. The molecule has 11 rings (SSSR count). The second-order valence-electron chi connectivity index (χ2n) is 19.4. The molecule has 11 aliphatic heterocycles. The van der Waals surface area contributed by atoms with Crippen molar-refractivity contribution in [3.63, 3.8) is 0 Å². The number of methoxy groups -OCH3 is 1. The summed E-state index contributed by atoms with van der Waals surface area (Å²) in [7, 11) is 1.71. The van der Waals surface area contributed by atoms with Crippen LogP contribution in [0.15, 0.2) is 24.3 Å². The molecule has 56 heavy (non-hydrogen) atoms. The summed E-state index contributed by atoms with van der Waals surface area (Å²) in [6.07, 6.45) is 5.12. The molecule has 1 spiro atoms. The van der Waals surface area contributed by atoms with Crippen LogP contribution in [0.2, 0.25) is 0 Å². The Kier molecular flexibility index (Phi) is 10.1. The van der Waals surface area contributed by atoms with Gasteiger partial charge in [-0.05, 0) is 81.3 Å². The van der Waals surface area contributed by atoms with Crippen LogP contribution in [0.25, 0.3) is 0 Å². The van der Waals surface area contributed by atoms with E-state index in [9.17, 15) is 4.79 Å². The van der Waals surface area contributed by atoms with Crippen LogP contribution < -0.4 is 0 Å². The number of rotatable bonds is 2. The number of fused-ring (bicyclic) bond motifs is 7. The number of hydrogen-bond acceptors (Lipinski definition) is 12. The summed E-state index contributed by atoms with van der Waals surface area (Å²) in [5, 5.41) is 0. The number of carbonyl (C=O) groups excluding carboxylic acids is 1. The molecule has 0 radical (unpaired) electrons. The number of esters is 1. The third kappa shape index (κ3) is 6.59. The summed E-state index contributed by atoms with van der Waals surface area (Å²) in [6.45, 7) is 18.2. The second-order valence-corrected chi connectivity index (χ2v) is 19.4. The van der Waals surface area contributed by atoms with Crippen molar-refractivity contribution in [3.05, 3.63) is 24.3 Å². The maximum atomic E-state index is 14.1. The smallest absolute Gasteiger partial charge is 0.308 e. The first-order chi connectivity index (χ1) is 26.9.